The van der Waals surface area contributed by atoms with Gasteiger partial charge in [0.15, 0.2) is 11.5 Å². The highest BCUT2D eigenvalue weighted by atomic mass is 16.5. The molecule has 1 saturated heterocycles. The van der Waals surface area contributed by atoms with Crippen LogP contribution in [0, 0.1) is 23.7 Å². The van der Waals surface area contributed by atoms with Gasteiger partial charge in [-0.15, -0.1) is 0 Å². The Morgan fingerprint density at radius 3 is 2.11 bits per heavy atom. The molecule has 0 spiro atoms. The zero-order chi connectivity index (χ0) is 26.2. The highest BCUT2D eigenvalue weighted by molar-refractivity contribution is 6.10. The van der Waals surface area contributed by atoms with Crippen LogP contribution >= 0.6 is 0 Å². The van der Waals surface area contributed by atoms with E-state index < -0.39 is 6.04 Å². The molecule has 2 saturated carbocycles. The van der Waals surface area contributed by atoms with Crippen molar-refractivity contribution < 1.29 is 23.9 Å². The van der Waals surface area contributed by atoms with Crippen LogP contribution in [0.5, 0.6) is 17.2 Å². The maximum atomic E-state index is 13.6. The standard InChI is InChI=1S/C31H30N2O5/c1-37-25-9-5-6-10-26(25)38-23-15-13-22(14-16-23)32-29(34)24(17-19-7-3-2-4-8-19)33-30(35)27-20-11-12-21(18-20)28(27)31(33)36/h2-10,13-16,20-21,24,27-28H,11-12,17-18H2,1H3,(H,32,34)/t20-,21-,24-,27+,28+/m0/s1. The summed E-state index contributed by atoms with van der Waals surface area (Å²) < 4.78 is 11.3. The van der Waals surface area contributed by atoms with Gasteiger partial charge in [0.1, 0.15) is 11.8 Å². The van der Waals surface area contributed by atoms with Crippen molar-refractivity contribution in [2.24, 2.45) is 23.7 Å². The Morgan fingerprint density at radius 2 is 1.47 bits per heavy atom. The molecular formula is C31H30N2O5. The Kier molecular flexibility index (Phi) is 6.35. The lowest BCUT2D eigenvalue weighted by Crippen LogP contribution is -2.49. The SMILES string of the molecule is COc1ccccc1Oc1ccc(NC(=O)[C@H](Cc2ccccc2)N2C(=O)[C@@H]3[C@H]4CC[C@@H](C4)[C@H]3C2=O)cc1. The van der Waals surface area contributed by atoms with Crippen LogP contribution in [0.4, 0.5) is 5.69 Å². The first-order valence-corrected chi connectivity index (χ1v) is 13.2. The lowest BCUT2D eigenvalue weighted by atomic mass is 9.81. The van der Waals surface area contributed by atoms with Gasteiger partial charge in [0, 0.05) is 12.1 Å². The third-order valence-corrected chi connectivity index (χ3v) is 8.27. The van der Waals surface area contributed by atoms with Gasteiger partial charge in [-0.3, -0.25) is 19.3 Å². The largest absolute Gasteiger partial charge is 0.493 e. The third-order valence-electron chi connectivity index (χ3n) is 8.27. The molecule has 3 aromatic carbocycles. The number of amides is 3. The number of imide groups is 1. The minimum Gasteiger partial charge on any atom is -0.493 e. The van der Waals surface area contributed by atoms with E-state index in [1.807, 2.05) is 54.6 Å². The number of benzene rings is 3. The van der Waals surface area contributed by atoms with Gasteiger partial charge in [0.2, 0.25) is 17.7 Å². The smallest absolute Gasteiger partial charge is 0.248 e. The minimum absolute atomic E-state index is 0.177. The van der Waals surface area contributed by atoms with Crippen LogP contribution in [-0.2, 0) is 20.8 Å². The number of fused-ring (bicyclic) bond motifs is 5. The van der Waals surface area contributed by atoms with Gasteiger partial charge < -0.3 is 14.8 Å². The van der Waals surface area contributed by atoms with Gasteiger partial charge >= 0.3 is 0 Å². The van der Waals surface area contributed by atoms with Crippen molar-refractivity contribution in [2.45, 2.75) is 31.7 Å². The fraction of sp³-hybridized carbons (Fsp3) is 0.323. The first-order valence-electron chi connectivity index (χ1n) is 13.2. The summed E-state index contributed by atoms with van der Waals surface area (Å²) in [5.41, 5.74) is 1.45. The van der Waals surface area contributed by atoms with Crippen LogP contribution < -0.4 is 14.8 Å². The molecule has 1 N–H and O–H groups in total. The number of carbonyl (C=O) groups excluding carboxylic acids is 3. The van der Waals surface area contributed by atoms with Crippen LogP contribution in [0.1, 0.15) is 24.8 Å². The summed E-state index contributed by atoms with van der Waals surface area (Å²) in [5.74, 6) is 1.06. The normalized spacial score (nSPS) is 24.3. The molecule has 6 rings (SSSR count). The summed E-state index contributed by atoms with van der Waals surface area (Å²) in [6.45, 7) is 0. The second-order valence-corrected chi connectivity index (χ2v) is 10.4. The molecular weight excluding hydrogens is 480 g/mol. The van der Waals surface area contributed by atoms with E-state index in [9.17, 15) is 14.4 Å². The second-order valence-electron chi connectivity index (χ2n) is 10.4. The van der Waals surface area contributed by atoms with Crippen molar-refractivity contribution in [3.05, 3.63) is 84.4 Å². The van der Waals surface area contributed by atoms with E-state index in [2.05, 4.69) is 5.32 Å². The van der Waals surface area contributed by atoms with Crippen LogP contribution in [0.25, 0.3) is 0 Å². The molecule has 1 aliphatic heterocycles. The molecule has 0 radical (unpaired) electrons. The third kappa shape index (κ3) is 4.32. The predicted molar refractivity (Wildman–Crippen MR) is 142 cm³/mol. The highest BCUT2D eigenvalue weighted by Gasteiger charge is 2.62. The molecule has 3 amide bonds. The maximum absolute atomic E-state index is 13.6. The van der Waals surface area contributed by atoms with Crippen molar-refractivity contribution in [1.29, 1.82) is 0 Å². The monoisotopic (exact) mass is 510 g/mol. The summed E-state index contributed by atoms with van der Waals surface area (Å²) in [7, 11) is 1.58. The molecule has 3 fully saturated rings. The number of methoxy groups -OCH3 is 1. The zero-order valence-corrected chi connectivity index (χ0v) is 21.2. The van der Waals surface area contributed by atoms with E-state index in [0.717, 1.165) is 24.8 Å². The summed E-state index contributed by atoms with van der Waals surface area (Å²) in [5, 5.41) is 2.93. The molecule has 194 valence electrons. The summed E-state index contributed by atoms with van der Waals surface area (Å²) in [6, 6.07) is 23.0. The maximum Gasteiger partial charge on any atom is 0.248 e. The quantitative estimate of drug-likeness (QED) is 0.428. The molecule has 5 atom stereocenters. The Labute approximate surface area is 221 Å². The van der Waals surface area contributed by atoms with Crippen LogP contribution in [-0.4, -0.2) is 35.8 Å². The van der Waals surface area contributed by atoms with Crippen LogP contribution in [0.3, 0.4) is 0 Å². The lowest BCUT2D eigenvalue weighted by molar-refractivity contribution is -0.147. The molecule has 0 unspecified atom stereocenters. The zero-order valence-electron chi connectivity index (χ0n) is 21.2. The molecule has 3 aromatic rings. The van der Waals surface area contributed by atoms with E-state index in [0.29, 0.717) is 22.9 Å². The van der Waals surface area contributed by atoms with Crippen molar-refractivity contribution in [2.75, 3.05) is 12.4 Å². The Morgan fingerprint density at radius 1 is 0.868 bits per heavy atom. The Bertz CT molecular complexity index is 1330. The number of ether oxygens (including phenoxy) is 2. The number of hydrogen-bond acceptors (Lipinski definition) is 5. The van der Waals surface area contributed by atoms with E-state index in [-0.39, 0.29) is 47.8 Å². The van der Waals surface area contributed by atoms with Crippen LogP contribution in [0.2, 0.25) is 0 Å². The Balaban J connectivity index is 1.22. The predicted octanol–water partition coefficient (Wildman–Crippen LogP) is 5.07. The van der Waals surface area contributed by atoms with Gasteiger partial charge in [0.25, 0.3) is 0 Å². The number of anilines is 1. The first-order chi connectivity index (χ1) is 18.5. The molecule has 7 nitrogen and oxygen atoms in total. The Hall–Kier alpha value is -4.13. The molecule has 0 aromatic heterocycles. The van der Waals surface area contributed by atoms with E-state index in [1.165, 1.54) is 4.90 Å². The second kappa shape index (κ2) is 9.97. The number of rotatable bonds is 8. The van der Waals surface area contributed by atoms with Gasteiger partial charge in [-0.1, -0.05) is 42.5 Å². The van der Waals surface area contributed by atoms with Crippen molar-refractivity contribution in [3.8, 4) is 17.2 Å². The fourth-order valence-electron chi connectivity index (χ4n) is 6.54. The summed E-state index contributed by atoms with van der Waals surface area (Å²) >= 11 is 0. The van der Waals surface area contributed by atoms with Gasteiger partial charge in [0.05, 0.1) is 18.9 Å². The van der Waals surface area contributed by atoms with Crippen LogP contribution in [0.15, 0.2) is 78.9 Å². The minimum atomic E-state index is -0.910. The molecule has 7 heteroatoms. The number of carbonyl (C=O) groups is 3. The average Bonchev–Trinajstić information content (AvgIpc) is 3.63. The molecule has 1 heterocycles. The summed E-state index contributed by atoms with van der Waals surface area (Å²) in [6.07, 6.45) is 3.22. The van der Waals surface area contributed by atoms with Gasteiger partial charge in [-0.25, -0.2) is 0 Å². The summed E-state index contributed by atoms with van der Waals surface area (Å²) in [4.78, 5) is 42.0. The lowest BCUT2D eigenvalue weighted by Gasteiger charge is -2.27. The van der Waals surface area contributed by atoms with Gasteiger partial charge in [-0.05, 0) is 73.1 Å². The number of hydrogen-bond donors (Lipinski definition) is 1. The van der Waals surface area contributed by atoms with E-state index in [4.69, 9.17) is 9.47 Å². The number of para-hydroxylation sites is 2. The number of nitrogens with one attached hydrogen (secondary N) is 1. The van der Waals surface area contributed by atoms with Gasteiger partial charge in [-0.2, -0.15) is 0 Å². The van der Waals surface area contributed by atoms with Crippen molar-refractivity contribution >= 4 is 23.4 Å². The number of likely N-dealkylation sites (tertiary alicyclic amines) is 1. The molecule has 3 aliphatic rings. The molecule has 2 aliphatic carbocycles. The highest BCUT2D eigenvalue weighted by Crippen LogP contribution is 2.56. The first kappa shape index (κ1) is 24.2. The van der Waals surface area contributed by atoms with Crippen molar-refractivity contribution in [1.82, 2.24) is 4.90 Å². The number of nitrogens with zero attached hydrogens (tertiary/aromatic N) is 1. The topological polar surface area (TPSA) is 84.9 Å². The molecule has 2 bridgehead atoms. The average molecular weight is 511 g/mol. The van der Waals surface area contributed by atoms with Crippen molar-refractivity contribution in [3.63, 3.8) is 0 Å². The molecule has 38 heavy (non-hydrogen) atoms. The van der Waals surface area contributed by atoms with E-state index in [1.54, 1.807) is 31.4 Å². The fourth-order valence-corrected chi connectivity index (χ4v) is 6.54. The van der Waals surface area contributed by atoms with E-state index >= 15 is 0 Å².